The Balaban J connectivity index is 0.000000191. The average Bonchev–Trinajstić information content (AvgIpc) is 2.38. The highest BCUT2D eigenvalue weighted by Gasteiger charge is 1.90. The molecular weight excluding hydrogens is 238 g/mol. The summed E-state index contributed by atoms with van der Waals surface area (Å²) >= 11 is 0. The molecule has 19 heavy (non-hydrogen) atoms. The van der Waals surface area contributed by atoms with E-state index in [1.54, 1.807) is 24.3 Å². The molecule has 0 saturated carbocycles. The van der Waals surface area contributed by atoms with Crippen molar-refractivity contribution in [3.8, 4) is 11.5 Å². The Morgan fingerprint density at radius 3 is 2.11 bits per heavy atom. The highest BCUT2D eigenvalue weighted by Crippen LogP contribution is 2.15. The van der Waals surface area contributed by atoms with Gasteiger partial charge in [0.1, 0.15) is 11.5 Å². The Kier molecular flexibility index (Phi) is 5.73. The third-order valence-electron chi connectivity index (χ3n) is 2.68. The van der Waals surface area contributed by atoms with Crippen LogP contribution in [-0.2, 0) is 0 Å². The number of benzene rings is 2. The molecule has 0 bridgehead atoms. The maximum Gasteiger partial charge on any atom is 0.119 e. The number of aryl methyl sites for hydroxylation is 2. The van der Waals surface area contributed by atoms with Crippen LogP contribution < -0.4 is 10.5 Å². The number of nitrogen functional groups attached to an aromatic ring is 1. The van der Waals surface area contributed by atoms with Gasteiger partial charge >= 0.3 is 0 Å². The van der Waals surface area contributed by atoms with Gasteiger partial charge in [0.2, 0.25) is 0 Å². The Morgan fingerprint density at radius 2 is 1.63 bits per heavy atom. The number of anilines is 1. The van der Waals surface area contributed by atoms with Crippen LogP contribution >= 0.6 is 0 Å². The van der Waals surface area contributed by atoms with E-state index in [2.05, 4.69) is 13.8 Å². The van der Waals surface area contributed by atoms with Crippen molar-refractivity contribution in [1.82, 2.24) is 0 Å². The van der Waals surface area contributed by atoms with Gasteiger partial charge in [0.05, 0.1) is 6.61 Å². The molecule has 0 spiro atoms. The molecule has 3 nitrogen and oxygen atoms in total. The van der Waals surface area contributed by atoms with Gasteiger partial charge in [-0.15, -0.1) is 0 Å². The van der Waals surface area contributed by atoms with Gasteiger partial charge in [-0.05, 0) is 68.3 Å². The number of phenols is 1. The minimum absolute atomic E-state index is 0.267. The number of rotatable bonds is 2. The minimum Gasteiger partial charge on any atom is -0.508 e. The summed E-state index contributed by atoms with van der Waals surface area (Å²) < 4.78 is 5.15. The minimum atomic E-state index is 0.267. The molecule has 102 valence electrons. The summed E-state index contributed by atoms with van der Waals surface area (Å²) in [6.07, 6.45) is 0. The van der Waals surface area contributed by atoms with E-state index < -0.39 is 0 Å². The lowest BCUT2D eigenvalue weighted by molar-refractivity contribution is 0.339. The quantitative estimate of drug-likeness (QED) is 0.809. The molecule has 0 atom stereocenters. The van der Waals surface area contributed by atoms with Crippen LogP contribution in [0.2, 0.25) is 0 Å². The SMILES string of the molecule is CCOc1ccc(O)cc1.Cc1ccc(N)cc1C. The van der Waals surface area contributed by atoms with E-state index >= 15 is 0 Å². The zero-order valence-electron chi connectivity index (χ0n) is 11.7. The van der Waals surface area contributed by atoms with Crippen LogP contribution in [0.3, 0.4) is 0 Å². The van der Waals surface area contributed by atoms with Crippen LogP contribution in [-0.4, -0.2) is 11.7 Å². The second-order valence-corrected chi connectivity index (χ2v) is 4.27. The molecule has 0 amide bonds. The smallest absolute Gasteiger partial charge is 0.119 e. The second kappa shape index (κ2) is 7.31. The molecule has 0 aliphatic carbocycles. The summed E-state index contributed by atoms with van der Waals surface area (Å²) in [4.78, 5) is 0. The van der Waals surface area contributed by atoms with E-state index in [1.165, 1.54) is 11.1 Å². The first-order chi connectivity index (χ1) is 9.02. The molecule has 0 aromatic heterocycles. The van der Waals surface area contributed by atoms with E-state index in [0.717, 1.165) is 11.4 Å². The van der Waals surface area contributed by atoms with Gasteiger partial charge < -0.3 is 15.6 Å². The van der Waals surface area contributed by atoms with Crippen molar-refractivity contribution in [1.29, 1.82) is 0 Å². The first-order valence-electron chi connectivity index (χ1n) is 6.27. The lowest BCUT2D eigenvalue weighted by Gasteiger charge is -2.00. The Labute approximate surface area is 114 Å². The van der Waals surface area contributed by atoms with Crippen molar-refractivity contribution in [2.75, 3.05) is 12.3 Å². The summed E-state index contributed by atoms with van der Waals surface area (Å²) in [7, 11) is 0. The van der Waals surface area contributed by atoms with Crippen LogP contribution in [0.25, 0.3) is 0 Å². The molecule has 0 unspecified atom stereocenters. The van der Waals surface area contributed by atoms with Crippen LogP contribution in [0.15, 0.2) is 42.5 Å². The summed E-state index contributed by atoms with van der Waals surface area (Å²) in [5.74, 6) is 1.06. The fourth-order valence-corrected chi connectivity index (χ4v) is 1.47. The Morgan fingerprint density at radius 1 is 1.00 bits per heavy atom. The first-order valence-corrected chi connectivity index (χ1v) is 6.27. The van der Waals surface area contributed by atoms with Gasteiger partial charge in [-0.25, -0.2) is 0 Å². The fourth-order valence-electron chi connectivity index (χ4n) is 1.47. The molecule has 0 heterocycles. The number of hydrogen-bond acceptors (Lipinski definition) is 3. The van der Waals surface area contributed by atoms with Gasteiger partial charge in [0.15, 0.2) is 0 Å². The molecule has 0 saturated heterocycles. The van der Waals surface area contributed by atoms with Gasteiger partial charge in [-0.3, -0.25) is 0 Å². The van der Waals surface area contributed by atoms with Crippen molar-refractivity contribution >= 4 is 5.69 Å². The molecule has 0 radical (unpaired) electrons. The largest absolute Gasteiger partial charge is 0.508 e. The monoisotopic (exact) mass is 259 g/mol. The lowest BCUT2D eigenvalue weighted by atomic mass is 10.1. The number of aromatic hydroxyl groups is 1. The van der Waals surface area contributed by atoms with E-state index in [0.29, 0.717) is 6.61 Å². The highest BCUT2D eigenvalue weighted by atomic mass is 16.5. The van der Waals surface area contributed by atoms with Crippen LogP contribution in [0.1, 0.15) is 18.1 Å². The standard InChI is InChI=1S/C8H11N.C8H10O2/c1-6-3-4-8(9)5-7(6)2;1-2-10-8-5-3-7(9)4-6-8/h3-5H,9H2,1-2H3;3-6,9H,2H2,1H3. The number of nitrogens with two attached hydrogens (primary N) is 1. The topological polar surface area (TPSA) is 55.5 Å². The van der Waals surface area contributed by atoms with Crippen LogP contribution in [0, 0.1) is 13.8 Å². The van der Waals surface area contributed by atoms with Crippen LogP contribution in [0.4, 0.5) is 5.69 Å². The second-order valence-electron chi connectivity index (χ2n) is 4.27. The predicted octanol–water partition coefficient (Wildman–Crippen LogP) is 3.68. The zero-order chi connectivity index (χ0) is 14.3. The van der Waals surface area contributed by atoms with Crippen molar-refractivity contribution in [3.63, 3.8) is 0 Å². The lowest BCUT2D eigenvalue weighted by Crippen LogP contribution is -1.89. The molecule has 0 fully saturated rings. The summed E-state index contributed by atoms with van der Waals surface area (Å²) in [5, 5.41) is 8.87. The third kappa shape index (κ3) is 5.34. The Bertz CT molecular complexity index is 507. The van der Waals surface area contributed by atoms with Crippen molar-refractivity contribution < 1.29 is 9.84 Å². The maximum absolute atomic E-state index is 8.87. The van der Waals surface area contributed by atoms with Crippen LogP contribution in [0.5, 0.6) is 11.5 Å². The van der Waals surface area contributed by atoms with E-state index in [4.69, 9.17) is 15.6 Å². The third-order valence-corrected chi connectivity index (χ3v) is 2.68. The van der Waals surface area contributed by atoms with E-state index in [1.807, 2.05) is 25.1 Å². The highest BCUT2D eigenvalue weighted by molar-refractivity contribution is 5.43. The molecule has 0 aliphatic heterocycles. The number of hydrogen-bond donors (Lipinski definition) is 2. The van der Waals surface area contributed by atoms with Crippen molar-refractivity contribution in [2.45, 2.75) is 20.8 Å². The number of phenolic OH excluding ortho intramolecular Hbond substituents is 1. The van der Waals surface area contributed by atoms with Gasteiger partial charge in [-0.1, -0.05) is 6.07 Å². The zero-order valence-corrected chi connectivity index (χ0v) is 11.7. The van der Waals surface area contributed by atoms with Gasteiger partial charge in [0.25, 0.3) is 0 Å². The average molecular weight is 259 g/mol. The summed E-state index contributed by atoms with van der Waals surface area (Å²) in [6, 6.07) is 12.6. The summed E-state index contributed by atoms with van der Waals surface area (Å²) in [5.41, 5.74) is 8.93. The van der Waals surface area contributed by atoms with E-state index in [-0.39, 0.29) is 5.75 Å². The van der Waals surface area contributed by atoms with Crippen molar-refractivity contribution in [2.24, 2.45) is 0 Å². The fraction of sp³-hybridized carbons (Fsp3) is 0.250. The van der Waals surface area contributed by atoms with E-state index in [9.17, 15) is 0 Å². The summed E-state index contributed by atoms with van der Waals surface area (Å²) in [6.45, 7) is 6.72. The van der Waals surface area contributed by atoms with Gasteiger partial charge in [0, 0.05) is 5.69 Å². The molecule has 2 aromatic rings. The molecule has 2 aromatic carbocycles. The molecule has 3 N–H and O–H groups in total. The first kappa shape index (κ1) is 14.9. The predicted molar refractivity (Wildman–Crippen MR) is 79.6 cm³/mol. The Hall–Kier alpha value is -2.16. The maximum atomic E-state index is 8.87. The molecule has 2 rings (SSSR count). The van der Waals surface area contributed by atoms with Crippen molar-refractivity contribution in [3.05, 3.63) is 53.6 Å². The normalized spacial score (nSPS) is 9.42. The number of ether oxygens (including phenoxy) is 1. The van der Waals surface area contributed by atoms with Gasteiger partial charge in [-0.2, -0.15) is 0 Å². The molecular formula is C16H21NO2. The molecule has 0 aliphatic rings. The molecule has 3 heteroatoms.